The first kappa shape index (κ1) is 16.1. The van der Waals surface area contributed by atoms with Crippen molar-refractivity contribution < 1.29 is 4.74 Å². The monoisotopic (exact) mass is 368 g/mol. The summed E-state index contributed by atoms with van der Waals surface area (Å²) in [5, 5.41) is 0.653. The van der Waals surface area contributed by atoms with Gasteiger partial charge in [-0.15, -0.1) is 0 Å². The Labute approximate surface area is 136 Å². The van der Waals surface area contributed by atoms with Crippen molar-refractivity contribution in [1.29, 1.82) is 0 Å². The number of aromatic nitrogens is 2. The highest BCUT2D eigenvalue weighted by atomic mass is 79.9. The zero-order valence-corrected chi connectivity index (χ0v) is 14.4. The third-order valence-corrected chi connectivity index (χ3v) is 4.59. The van der Waals surface area contributed by atoms with Crippen LogP contribution in [0.2, 0.25) is 0 Å². The zero-order chi connectivity index (χ0) is 15.2. The first-order chi connectivity index (χ1) is 10.1. The van der Waals surface area contributed by atoms with Crippen molar-refractivity contribution >= 4 is 27.7 Å². The van der Waals surface area contributed by atoms with Gasteiger partial charge >= 0.3 is 0 Å². The lowest BCUT2D eigenvalue weighted by Crippen LogP contribution is -2.10. The molecule has 21 heavy (non-hydrogen) atoms. The van der Waals surface area contributed by atoms with E-state index in [4.69, 9.17) is 4.74 Å². The molecule has 1 N–H and O–H groups in total. The Morgan fingerprint density at radius 3 is 2.90 bits per heavy atom. The van der Waals surface area contributed by atoms with Gasteiger partial charge in [0.15, 0.2) is 5.16 Å². The maximum absolute atomic E-state index is 11.6. The number of rotatable bonds is 6. The number of hydrogen-bond donors (Lipinski definition) is 1. The van der Waals surface area contributed by atoms with Crippen LogP contribution in [-0.2, 0) is 12.2 Å². The van der Waals surface area contributed by atoms with E-state index in [0.717, 1.165) is 34.3 Å². The van der Waals surface area contributed by atoms with Crippen LogP contribution >= 0.6 is 27.7 Å². The lowest BCUT2D eigenvalue weighted by atomic mass is 10.2. The Morgan fingerprint density at radius 2 is 2.19 bits per heavy atom. The van der Waals surface area contributed by atoms with E-state index in [1.807, 2.05) is 18.2 Å². The Morgan fingerprint density at radius 1 is 1.38 bits per heavy atom. The number of methoxy groups -OCH3 is 1. The SMILES string of the molecule is CCCc1cc(=O)[nH]c(SCc2cc(OC)ccc2Br)n1. The second-order valence-corrected chi connectivity index (χ2v) is 6.36. The number of H-pyrrole nitrogens is 1. The number of nitrogens with one attached hydrogen (secondary N) is 1. The number of ether oxygens (including phenoxy) is 1. The van der Waals surface area contributed by atoms with Crippen molar-refractivity contribution in [2.24, 2.45) is 0 Å². The molecule has 6 heteroatoms. The predicted octanol–water partition coefficient (Wildman–Crippen LogP) is 3.79. The quantitative estimate of drug-likeness (QED) is 0.622. The summed E-state index contributed by atoms with van der Waals surface area (Å²) >= 11 is 5.03. The van der Waals surface area contributed by atoms with Gasteiger partial charge in [0.05, 0.1) is 7.11 Å². The molecule has 0 bridgehead atoms. The molecule has 1 aromatic carbocycles. The first-order valence-corrected chi connectivity index (χ1v) is 8.45. The molecule has 0 spiro atoms. The summed E-state index contributed by atoms with van der Waals surface area (Å²) < 4.78 is 6.25. The van der Waals surface area contributed by atoms with Gasteiger partial charge in [-0.3, -0.25) is 4.79 Å². The van der Waals surface area contributed by atoms with Crippen LogP contribution in [0.4, 0.5) is 0 Å². The van der Waals surface area contributed by atoms with E-state index in [2.05, 4.69) is 32.8 Å². The summed E-state index contributed by atoms with van der Waals surface area (Å²) in [6, 6.07) is 7.40. The Hall–Kier alpha value is -1.27. The largest absolute Gasteiger partial charge is 0.497 e. The summed E-state index contributed by atoms with van der Waals surface area (Å²) in [7, 11) is 1.65. The van der Waals surface area contributed by atoms with Crippen LogP contribution in [0, 0.1) is 0 Å². The summed E-state index contributed by atoms with van der Waals surface area (Å²) in [6.07, 6.45) is 1.79. The number of thioether (sulfide) groups is 1. The summed E-state index contributed by atoms with van der Waals surface area (Å²) in [4.78, 5) is 18.9. The van der Waals surface area contributed by atoms with Crippen molar-refractivity contribution in [2.45, 2.75) is 30.7 Å². The van der Waals surface area contributed by atoms with Gasteiger partial charge in [0.2, 0.25) is 0 Å². The summed E-state index contributed by atoms with van der Waals surface area (Å²) in [6.45, 7) is 2.07. The van der Waals surface area contributed by atoms with Gasteiger partial charge in [-0.1, -0.05) is 41.0 Å². The van der Waals surface area contributed by atoms with E-state index >= 15 is 0 Å². The van der Waals surface area contributed by atoms with Gasteiger partial charge in [-0.25, -0.2) is 4.98 Å². The third-order valence-electron chi connectivity index (χ3n) is 2.90. The molecule has 0 fully saturated rings. The minimum absolute atomic E-state index is 0.0966. The average Bonchev–Trinajstić information content (AvgIpc) is 2.46. The fraction of sp³-hybridized carbons (Fsp3) is 0.333. The molecule has 0 aliphatic carbocycles. The molecule has 0 amide bonds. The minimum Gasteiger partial charge on any atom is -0.497 e. The van der Waals surface area contributed by atoms with Gasteiger partial charge in [0.1, 0.15) is 5.75 Å². The predicted molar refractivity (Wildman–Crippen MR) is 89.1 cm³/mol. The van der Waals surface area contributed by atoms with E-state index in [0.29, 0.717) is 10.9 Å². The third kappa shape index (κ3) is 4.61. The summed E-state index contributed by atoms with van der Waals surface area (Å²) in [5.41, 5.74) is 1.84. The second-order valence-electron chi connectivity index (χ2n) is 4.54. The highest BCUT2D eigenvalue weighted by molar-refractivity contribution is 9.10. The minimum atomic E-state index is -0.0966. The fourth-order valence-corrected chi connectivity index (χ4v) is 3.33. The van der Waals surface area contributed by atoms with Gasteiger partial charge in [0, 0.05) is 22.0 Å². The number of nitrogens with zero attached hydrogens (tertiary/aromatic N) is 1. The molecule has 0 aliphatic heterocycles. The van der Waals surface area contributed by atoms with Gasteiger partial charge < -0.3 is 9.72 Å². The molecule has 0 unspecified atom stereocenters. The van der Waals surface area contributed by atoms with Crippen LogP contribution < -0.4 is 10.3 Å². The van der Waals surface area contributed by atoms with E-state index in [1.165, 1.54) is 11.8 Å². The number of halogens is 1. The number of benzene rings is 1. The van der Waals surface area contributed by atoms with Crippen molar-refractivity contribution in [3.63, 3.8) is 0 Å². The van der Waals surface area contributed by atoms with Gasteiger partial charge in [0.25, 0.3) is 5.56 Å². The molecular weight excluding hydrogens is 352 g/mol. The standard InChI is InChI=1S/C15H17BrN2O2S/c1-3-4-11-8-14(19)18-15(17-11)21-9-10-7-12(20-2)5-6-13(10)16/h5-8H,3-4,9H2,1-2H3,(H,17,18,19). The van der Waals surface area contributed by atoms with Crippen LogP contribution in [0.1, 0.15) is 24.6 Å². The van der Waals surface area contributed by atoms with Gasteiger partial charge in [-0.2, -0.15) is 0 Å². The Bertz CT molecular complexity index is 673. The van der Waals surface area contributed by atoms with Crippen molar-refractivity contribution in [1.82, 2.24) is 9.97 Å². The molecule has 4 nitrogen and oxygen atoms in total. The van der Waals surface area contributed by atoms with Crippen LogP contribution in [0.25, 0.3) is 0 Å². The van der Waals surface area contributed by atoms with Crippen molar-refractivity contribution in [3.05, 3.63) is 50.3 Å². The van der Waals surface area contributed by atoms with E-state index in [1.54, 1.807) is 13.2 Å². The molecular formula is C15H17BrN2O2S. The number of aromatic amines is 1. The molecule has 112 valence electrons. The maximum Gasteiger partial charge on any atom is 0.251 e. The summed E-state index contributed by atoms with van der Waals surface area (Å²) in [5.74, 6) is 1.52. The second kappa shape index (κ2) is 7.66. The van der Waals surface area contributed by atoms with Crippen LogP contribution in [0.15, 0.2) is 38.7 Å². The molecule has 1 heterocycles. The van der Waals surface area contributed by atoms with Crippen LogP contribution in [-0.4, -0.2) is 17.1 Å². The highest BCUT2D eigenvalue weighted by Gasteiger charge is 2.06. The molecule has 0 radical (unpaired) electrons. The zero-order valence-electron chi connectivity index (χ0n) is 12.0. The van der Waals surface area contributed by atoms with Crippen molar-refractivity contribution in [2.75, 3.05) is 7.11 Å². The average molecular weight is 369 g/mol. The molecule has 1 aromatic heterocycles. The van der Waals surface area contributed by atoms with E-state index in [9.17, 15) is 4.79 Å². The van der Waals surface area contributed by atoms with Crippen LogP contribution in [0.5, 0.6) is 5.75 Å². The normalized spacial score (nSPS) is 10.6. The lowest BCUT2D eigenvalue weighted by molar-refractivity contribution is 0.414. The van der Waals surface area contributed by atoms with E-state index in [-0.39, 0.29) is 5.56 Å². The molecule has 0 atom stereocenters. The lowest BCUT2D eigenvalue weighted by Gasteiger charge is -2.07. The highest BCUT2D eigenvalue weighted by Crippen LogP contribution is 2.28. The molecule has 0 saturated carbocycles. The molecule has 2 rings (SSSR count). The fourth-order valence-electron chi connectivity index (χ4n) is 1.87. The van der Waals surface area contributed by atoms with Crippen molar-refractivity contribution in [3.8, 4) is 5.75 Å². The maximum atomic E-state index is 11.6. The number of aryl methyl sites for hydroxylation is 1. The van der Waals surface area contributed by atoms with E-state index < -0.39 is 0 Å². The van der Waals surface area contributed by atoms with Gasteiger partial charge in [-0.05, 0) is 30.2 Å². The molecule has 0 saturated heterocycles. The number of hydrogen-bond acceptors (Lipinski definition) is 4. The topological polar surface area (TPSA) is 55.0 Å². The molecule has 2 aromatic rings. The smallest absolute Gasteiger partial charge is 0.251 e. The Kier molecular flexibility index (Phi) is 5.87. The molecule has 0 aliphatic rings. The van der Waals surface area contributed by atoms with Crippen LogP contribution in [0.3, 0.4) is 0 Å². The first-order valence-electron chi connectivity index (χ1n) is 6.68. The Balaban J connectivity index is 2.14.